The molecule has 2 heteroatoms. The fourth-order valence-corrected chi connectivity index (χ4v) is 0.609. The molecule has 0 aromatic rings. The molecule has 0 saturated heterocycles. The van der Waals surface area contributed by atoms with Crippen LogP contribution >= 0.6 is 0 Å². The Morgan fingerprint density at radius 3 is 2.67 bits per heavy atom. The molecule has 9 heavy (non-hydrogen) atoms. The van der Waals surface area contributed by atoms with Crippen molar-refractivity contribution in [3.8, 4) is 0 Å². The first-order valence-electron chi connectivity index (χ1n) is 3.74. The lowest BCUT2D eigenvalue weighted by Crippen LogP contribution is -2.33. The number of nitrogens with one attached hydrogen (secondary N) is 1. The van der Waals surface area contributed by atoms with Crippen molar-refractivity contribution in [2.45, 2.75) is 32.7 Å². The number of hydrogen-bond acceptors (Lipinski definition) is 2. The summed E-state index contributed by atoms with van der Waals surface area (Å²) in [5.41, 5.74) is 5.39. The maximum absolute atomic E-state index is 5.39. The third kappa shape index (κ3) is 5.80. The highest BCUT2D eigenvalue weighted by Gasteiger charge is 1.93. The second kappa shape index (κ2) is 6.05. The van der Waals surface area contributed by atoms with Crippen LogP contribution in [-0.4, -0.2) is 19.1 Å². The highest BCUT2D eigenvalue weighted by atomic mass is 14.9. The zero-order chi connectivity index (χ0) is 7.11. The molecule has 0 aromatic carbocycles. The monoisotopic (exact) mass is 130 g/mol. The molecule has 0 amide bonds. The van der Waals surface area contributed by atoms with Gasteiger partial charge in [0.25, 0.3) is 0 Å². The van der Waals surface area contributed by atoms with Crippen LogP contribution < -0.4 is 11.1 Å². The predicted molar refractivity (Wildman–Crippen MR) is 41.4 cm³/mol. The van der Waals surface area contributed by atoms with Crippen molar-refractivity contribution < 1.29 is 0 Å². The van der Waals surface area contributed by atoms with Crippen molar-refractivity contribution in [2.24, 2.45) is 5.73 Å². The first kappa shape index (κ1) is 8.92. The summed E-state index contributed by atoms with van der Waals surface area (Å²) >= 11 is 0. The Bertz CT molecular complexity index is 54.9. The molecule has 1 atom stereocenters. The fraction of sp³-hybridized carbons (Fsp3) is 1.00. The van der Waals surface area contributed by atoms with E-state index in [2.05, 4.69) is 19.2 Å². The van der Waals surface area contributed by atoms with Gasteiger partial charge in [0.1, 0.15) is 0 Å². The molecule has 1 unspecified atom stereocenters. The van der Waals surface area contributed by atoms with Crippen LogP contribution in [0.3, 0.4) is 0 Å². The minimum atomic E-state index is 0.483. The standard InChI is InChI=1S/C7H18N2/c1-3-4-5-9-7(2)6-8/h7,9H,3-6,8H2,1-2H3. The molecular formula is C7H18N2. The van der Waals surface area contributed by atoms with Crippen molar-refractivity contribution in [1.82, 2.24) is 5.32 Å². The summed E-state index contributed by atoms with van der Waals surface area (Å²) in [4.78, 5) is 0. The first-order chi connectivity index (χ1) is 4.31. The van der Waals surface area contributed by atoms with Crippen LogP contribution in [0, 0.1) is 0 Å². The number of hydrogen-bond donors (Lipinski definition) is 2. The number of nitrogens with two attached hydrogens (primary N) is 1. The zero-order valence-electron chi connectivity index (χ0n) is 6.48. The van der Waals surface area contributed by atoms with Crippen LogP contribution in [0.5, 0.6) is 0 Å². The van der Waals surface area contributed by atoms with Gasteiger partial charge in [-0.1, -0.05) is 13.3 Å². The summed E-state index contributed by atoms with van der Waals surface area (Å²) in [5.74, 6) is 0. The van der Waals surface area contributed by atoms with Crippen LogP contribution in [0.4, 0.5) is 0 Å². The Kier molecular flexibility index (Phi) is 5.99. The van der Waals surface area contributed by atoms with E-state index in [9.17, 15) is 0 Å². The zero-order valence-corrected chi connectivity index (χ0v) is 6.48. The van der Waals surface area contributed by atoms with Crippen LogP contribution in [-0.2, 0) is 0 Å². The van der Waals surface area contributed by atoms with Gasteiger partial charge < -0.3 is 11.1 Å². The largest absolute Gasteiger partial charge is 0.329 e. The van der Waals surface area contributed by atoms with Crippen LogP contribution in [0.1, 0.15) is 26.7 Å². The second-order valence-electron chi connectivity index (χ2n) is 2.44. The van der Waals surface area contributed by atoms with E-state index in [1.165, 1.54) is 12.8 Å². The summed E-state index contributed by atoms with van der Waals surface area (Å²) < 4.78 is 0. The minimum absolute atomic E-state index is 0.483. The minimum Gasteiger partial charge on any atom is -0.329 e. The van der Waals surface area contributed by atoms with E-state index >= 15 is 0 Å². The highest BCUT2D eigenvalue weighted by Crippen LogP contribution is 1.83. The maximum atomic E-state index is 5.39. The van der Waals surface area contributed by atoms with Gasteiger partial charge in [-0.15, -0.1) is 0 Å². The van der Waals surface area contributed by atoms with Crippen LogP contribution in [0.15, 0.2) is 0 Å². The van der Waals surface area contributed by atoms with Gasteiger partial charge in [0.2, 0.25) is 0 Å². The van der Waals surface area contributed by atoms with Gasteiger partial charge in [0, 0.05) is 12.6 Å². The van der Waals surface area contributed by atoms with Gasteiger partial charge in [-0.3, -0.25) is 0 Å². The molecule has 3 N–H and O–H groups in total. The Hall–Kier alpha value is -0.0800. The Morgan fingerprint density at radius 1 is 1.56 bits per heavy atom. The van der Waals surface area contributed by atoms with Crippen molar-refractivity contribution >= 4 is 0 Å². The average molecular weight is 130 g/mol. The molecule has 56 valence electrons. The number of unbranched alkanes of at least 4 members (excludes halogenated alkanes) is 1. The smallest absolute Gasteiger partial charge is 0.0161 e. The topological polar surface area (TPSA) is 38.0 Å². The van der Waals surface area contributed by atoms with Crippen molar-refractivity contribution in [1.29, 1.82) is 0 Å². The van der Waals surface area contributed by atoms with Gasteiger partial charge in [0.05, 0.1) is 0 Å². The molecule has 0 bridgehead atoms. The summed E-state index contributed by atoms with van der Waals surface area (Å²) in [6.45, 7) is 6.14. The Labute approximate surface area is 57.8 Å². The van der Waals surface area contributed by atoms with Gasteiger partial charge >= 0.3 is 0 Å². The molecule has 0 heterocycles. The second-order valence-corrected chi connectivity index (χ2v) is 2.44. The van der Waals surface area contributed by atoms with Crippen LogP contribution in [0.2, 0.25) is 0 Å². The van der Waals surface area contributed by atoms with E-state index < -0.39 is 0 Å². The van der Waals surface area contributed by atoms with E-state index in [4.69, 9.17) is 5.73 Å². The normalized spacial score (nSPS) is 13.7. The van der Waals surface area contributed by atoms with Gasteiger partial charge in [0.15, 0.2) is 0 Å². The van der Waals surface area contributed by atoms with E-state index in [1.54, 1.807) is 0 Å². The summed E-state index contributed by atoms with van der Waals surface area (Å²) in [6, 6.07) is 0.483. The first-order valence-corrected chi connectivity index (χ1v) is 3.74. The molecule has 2 nitrogen and oxygen atoms in total. The lowest BCUT2D eigenvalue weighted by atomic mass is 10.3. The summed E-state index contributed by atoms with van der Waals surface area (Å²) in [6.07, 6.45) is 2.51. The van der Waals surface area contributed by atoms with E-state index in [0.717, 1.165) is 13.1 Å². The third-order valence-corrected chi connectivity index (χ3v) is 1.38. The lowest BCUT2D eigenvalue weighted by molar-refractivity contribution is 0.540. The van der Waals surface area contributed by atoms with Crippen molar-refractivity contribution in [2.75, 3.05) is 13.1 Å². The van der Waals surface area contributed by atoms with E-state index in [-0.39, 0.29) is 0 Å². The van der Waals surface area contributed by atoms with E-state index in [1.807, 2.05) is 0 Å². The average Bonchev–Trinajstić information content (AvgIpc) is 1.89. The number of rotatable bonds is 5. The summed E-state index contributed by atoms with van der Waals surface area (Å²) in [5, 5.41) is 3.31. The van der Waals surface area contributed by atoms with Gasteiger partial charge in [-0.25, -0.2) is 0 Å². The Morgan fingerprint density at radius 2 is 2.22 bits per heavy atom. The molecule has 0 aliphatic rings. The molecule has 0 radical (unpaired) electrons. The SMILES string of the molecule is CCCCNC(C)CN. The van der Waals surface area contributed by atoms with Crippen molar-refractivity contribution in [3.05, 3.63) is 0 Å². The third-order valence-electron chi connectivity index (χ3n) is 1.38. The van der Waals surface area contributed by atoms with Gasteiger partial charge in [-0.2, -0.15) is 0 Å². The molecule has 0 aromatic heterocycles. The molecule has 0 fully saturated rings. The predicted octanol–water partition coefficient (Wildman–Crippen LogP) is 0.723. The summed E-state index contributed by atoms with van der Waals surface area (Å²) in [7, 11) is 0. The molecule has 0 spiro atoms. The molecular weight excluding hydrogens is 112 g/mol. The molecule has 0 aliphatic carbocycles. The highest BCUT2D eigenvalue weighted by molar-refractivity contribution is 4.59. The van der Waals surface area contributed by atoms with Crippen LogP contribution in [0.25, 0.3) is 0 Å². The Balaban J connectivity index is 2.88. The molecule has 0 aliphatic heterocycles. The van der Waals surface area contributed by atoms with Crippen molar-refractivity contribution in [3.63, 3.8) is 0 Å². The van der Waals surface area contributed by atoms with E-state index in [0.29, 0.717) is 6.04 Å². The fourth-order valence-electron chi connectivity index (χ4n) is 0.609. The van der Waals surface area contributed by atoms with Gasteiger partial charge in [-0.05, 0) is 19.9 Å². The molecule has 0 saturated carbocycles. The quantitative estimate of drug-likeness (QED) is 0.538. The lowest BCUT2D eigenvalue weighted by Gasteiger charge is -2.09. The molecule has 0 rings (SSSR count). The maximum Gasteiger partial charge on any atom is 0.0161 e.